The van der Waals surface area contributed by atoms with Gasteiger partial charge < -0.3 is 19.9 Å². The molecule has 2 N–H and O–H groups in total. The third-order valence-corrected chi connectivity index (χ3v) is 10.6. The molecule has 0 saturated heterocycles. The molecule has 0 bridgehead atoms. The number of hydrogen-bond donors (Lipinski definition) is 2. The lowest BCUT2D eigenvalue weighted by Crippen LogP contribution is -2.50. The number of sulfone groups is 1. The topological polar surface area (TPSA) is 114 Å². The summed E-state index contributed by atoms with van der Waals surface area (Å²) in [6.45, 7) is 0.952. The largest absolute Gasteiger partial charge is 0.494 e. The molecule has 234 valence electrons. The number of rotatable bonds is 13. The Morgan fingerprint density at radius 3 is 2.39 bits per heavy atom. The Hall–Kier alpha value is -3.21. The van der Waals surface area contributed by atoms with Gasteiger partial charge in [0.2, 0.25) is 5.90 Å². The highest BCUT2D eigenvalue weighted by molar-refractivity contribution is 9.10. The number of halogens is 1. The number of aliphatic imine (C=N–C) groups is 1. The lowest BCUT2D eigenvalue weighted by molar-refractivity contribution is -0.129. The molecule has 2 atom stereocenters. The summed E-state index contributed by atoms with van der Waals surface area (Å²) < 4.78 is 40.0. The Morgan fingerprint density at radius 2 is 1.70 bits per heavy atom. The van der Waals surface area contributed by atoms with E-state index < -0.39 is 21.5 Å². The monoisotopic (exact) mass is 682 g/mol. The van der Waals surface area contributed by atoms with Crippen molar-refractivity contribution in [2.45, 2.75) is 61.5 Å². The highest BCUT2D eigenvalue weighted by Gasteiger charge is 2.53. The maximum Gasteiger partial charge on any atom is 0.252 e. The Bertz CT molecular complexity index is 1520. The fraction of sp³-hybridized carbons (Fsp3) is 0.412. The van der Waals surface area contributed by atoms with Crippen LogP contribution < -0.4 is 10.1 Å². The number of benzene rings is 3. The van der Waals surface area contributed by atoms with Crippen molar-refractivity contribution >= 4 is 37.6 Å². The minimum atomic E-state index is -3.71. The summed E-state index contributed by atoms with van der Waals surface area (Å²) in [7, 11) is -3.71. The van der Waals surface area contributed by atoms with Gasteiger partial charge in [-0.2, -0.15) is 0 Å². The molecule has 2 aliphatic rings. The van der Waals surface area contributed by atoms with E-state index in [0.717, 1.165) is 35.7 Å². The Labute approximate surface area is 267 Å². The number of nitrogens with zero attached hydrogens (tertiary/aromatic N) is 1. The third-order valence-electron chi connectivity index (χ3n) is 8.33. The number of ether oxygens (including phenoxy) is 2. The molecule has 3 aromatic rings. The molecule has 1 aliphatic carbocycles. The van der Waals surface area contributed by atoms with E-state index in [0.29, 0.717) is 36.8 Å². The maximum absolute atomic E-state index is 14.3. The normalized spacial score (nSPS) is 20.5. The van der Waals surface area contributed by atoms with Gasteiger partial charge >= 0.3 is 0 Å². The number of carbonyl (C=O) groups is 1. The van der Waals surface area contributed by atoms with Crippen LogP contribution >= 0.6 is 15.9 Å². The van der Waals surface area contributed by atoms with Crippen LogP contribution in [-0.4, -0.2) is 56.4 Å². The molecular formula is C34H39BrN2O6S. The minimum absolute atomic E-state index is 0.0467. The van der Waals surface area contributed by atoms with Gasteiger partial charge in [0.15, 0.2) is 21.5 Å². The first-order valence-corrected chi connectivity index (χ1v) is 17.7. The molecule has 8 nitrogen and oxygen atoms in total. The van der Waals surface area contributed by atoms with Gasteiger partial charge in [-0.05, 0) is 72.9 Å². The Morgan fingerprint density at radius 1 is 1.00 bits per heavy atom. The number of aliphatic hydroxyl groups excluding tert-OH is 1. The average molecular weight is 684 g/mol. The van der Waals surface area contributed by atoms with Crippen molar-refractivity contribution in [3.05, 3.63) is 94.5 Å². The third kappa shape index (κ3) is 7.71. The van der Waals surface area contributed by atoms with Crippen LogP contribution in [0.5, 0.6) is 5.75 Å². The fourth-order valence-electron chi connectivity index (χ4n) is 5.82. The molecule has 0 radical (unpaired) electrons. The van der Waals surface area contributed by atoms with E-state index >= 15 is 0 Å². The second kappa shape index (κ2) is 14.7. The number of amides is 1. The van der Waals surface area contributed by atoms with E-state index in [9.17, 15) is 13.2 Å². The number of aliphatic hydroxyl groups is 1. The summed E-state index contributed by atoms with van der Waals surface area (Å²) in [4.78, 5) is 19.5. The van der Waals surface area contributed by atoms with Gasteiger partial charge in [0.1, 0.15) is 5.75 Å². The smallest absolute Gasteiger partial charge is 0.252 e. The average Bonchev–Trinajstić information content (AvgIpc) is 3.45. The molecule has 1 saturated carbocycles. The molecule has 1 aliphatic heterocycles. The molecule has 1 heterocycles. The van der Waals surface area contributed by atoms with E-state index in [1.165, 1.54) is 6.42 Å². The number of carbonyl (C=O) groups excluding carboxylic acids is 1. The molecule has 1 amide bonds. The van der Waals surface area contributed by atoms with Crippen molar-refractivity contribution in [2.75, 3.05) is 25.5 Å². The predicted octanol–water partition coefficient (Wildman–Crippen LogP) is 6.03. The lowest BCUT2D eigenvalue weighted by atomic mass is 9.84. The van der Waals surface area contributed by atoms with Gasteiger partial charge in [-0.3, -0.25) is 4.79 Å². The van der Waals surface area contributed by atoms with Crippen LogP contribution in [0.3, 0.4) is 0 Å². The van der Waals surface area contributed by atoms with Crippen molar-refractivity contribution in [1.82, 2.24) is 5.32 Å². The summed E-state index contributed by atoms with van der Waals surface area (Å²) >= 11 is 3.49. The summed E-state index contributed by atoms with van der Waals surface area (Å²) in [5, 5.41) is 12.2. The SMILES string of the molecule is O=C(NCC1CCCCC1)[C@]1(CCS(=O)(=O)c2ccccc2)N=C(c2ccc(OCCCO)cc2)O[C@@H]1c1ccc(Br)cc1. The first-order chi connectivity index (χ1) is 21.3. The minimum Gasteiger partial charge on any atom is -0.494 e. The molecular weight excluding hydrogens is 644 g/mol. The predicted molar refractivity (Wildman–Crippen MR) is 174 cm³/mol. The summed E-state index contributed by atoms with van der Waals surface area (Å²) in [6, 6.07) is 23.0. The van der Waals surface area contributed by atoms with Crippen LogP contribution in [0.2, 0.25) is 0 Å². The highest BCUT2D eigenvalue weighted by atomic mass is 79.9. The van der Waals surface area contributed by atoms with Gasteiger partial charge in [0.25, 0.3) is 5.91 Å². The van der Waals surface area contributed by atoms with Crippen LogP contribution in [0, 0.1) is 5.92 Å². The molecule has 0 aromatic heterocycles. The quantitative estimate of drug-likeness (QED) is 0.213. The van der Waals surface area contributed by atoms with Crippen molar-refractivity contribution < 1.29 is 27.8 Å². The van der Waals surface area contributed by atoms with Gasteiger partial charge in [-0.25, -0.2) is 13.4 Å². The van der Waals surface area contributed by atoms with Crippen LogP contribution in [0.15, 0.2) is 93.2 Å². The van der Waals surface area contributed by atoms with E-state index in [4.69, 9.17) is 19.6 Å². The van der Waals surface area contributed by atoms with Crippen molar-refractivity contribution in [1.29, 1.82) is 0 Å². The maximum atomic E-state index is 14.3. The molecule has 10 heteroatoms. The number of hydrogen-bond acceptors (Lipinski definition) is 7. The zero-order valence-corrected chi connectivity index (χ0v) is 27.1. The van der Waals surface area contributed by atoms with Gasteiger partial charge in [-0.15, -0.1) is 0 Å². The van der Waals surface area contributed by atoms with Crippen molar-refractivity contribution in [3.8, 4) is 5.75 Å². The zero-order valence-electron chi connectivity index (χ0n) is 24.7. The zero-order chi connectivity index (χ0) is 31.0. The van der Waals surface area contributed by atoms with E-state index in [1.807, 2.05) is 36.4 Å². The molecule has 0 spiro atoms. The van der Waals surface area contributed by atoms with Gasteiger partial charge in [0.05, 0.1) is 17.3 Å². The summed E-state index contributed by atoms with van der Waals surface area (Å²) in [6.07, 6.45) is 5.24. The standard InChI is InChI=1S/C34H39BrN2O6S/c35-28-16-12-26(13-17-28)31-34(33(39)36-24-25-8-3-1-4-9-25,20-23-44(40,41)30-10-5-2-6-11-30)37-32(43-31)27-14-18-29(19-15-27)42-22-7-21-38/h2,5-6,10-19,25,31,38H,1,3-4,7-9,20-24H2,(H,36,39)/t31-,34-/m1/s1. The summed E-state index contributed by atoms with van der Waals surface area (Å²) in [5.74, 6) is 0.672. The Kier molecular flexibility index (Phi) is 10.8. The first-order valence-electron chi connectivity index (χ1n) is 15.2. The van der Waals surface area contributed by atoms with Crippen LogP contribution in [0.4, 0.5) is 0 Å². The highest BCUT2D eigenvalue weighted by Crippen LogP contribution is 2.43. The van der Waals surface area contributed by atoms with Crippen LogP contribution in [-0.2, 0) is 19.4 Å². The van der Waals surface area contributed by atoms with Crippen LogP contribution in [0.1, 0.15) is 62.2 Å². The summed E-state index contributed by atoms with van der Waals surface area (Å²) in [5.41, 5.74) is -0.147. The molecule has 44 heavy (non-hydrogen) atoms. The molecule has 0 unspecified atom stereocenters. The van der Waals surface area contributed by atoms with Gasteiger partial charge in [0, 0.05) is 36.0 Å². The second-order valence-corrected chi connectivity index (χ2v) is 14.5. The molecule has 1 fully saturated rings. The van der Waals surface area contributed by atoms with Crippen LogP contribution in [0.25, 0.3) is 0 Å². The Balaban J connectivity index is 1.51. The second-order valence-electron chi connectivity index (χ2n) is 11.4. The molecule has 5 rings (SSSR count). The lowest BCUT2D eigenvalue weighted by Gasteiger charge is -2.32. The fourth-order valence-corrected chi connectivity index (χ4v) is 7.48. The van der Waals surface area contributed by atoms with E-state index in [1.54, 1.807) is 42.5 Å². The molecule has 3 aromatic carbocycles. The van der Waals surface area contributed by atoms with Crippen molar-refractivity contribution in [2.24, 2.45) is 10.9 Å². The van der Waals surface area contributed by atoms with Crippen molar-refractivity contribution in [3.63, 3.8) is 0 Å². The van der Waals surface area contributed by atoms with E-state index in [2.05, 4.69) is 21.2 Å². The van der Waals surface area contributed by atoms with E-state index in [-0.39, 0.29) is 35.5 Å². The first kappa shape index (κ1) is 32.2. The number of nitrogens with one attached hydrogen (secondary N) is 1. The van der Waals surface area contributed by atoms with Gasteiger partial charge in [-0.1, -0.05) is 65.5 Å².